The van der Waals surface area contributed by atoms with E-state index in [9.17, 15) is 0 Å². The number of furan rings is 1. The van der Waals surface area contributed by atoms with E-state index >= 15 is 0 Å². The molecule has 1 N–H and O–H groups in total. The molecule has 0 radical (unpaired) electrons. The summed E-state index contributed by atoms with van der Waals surface area (Å²) >= 11 is 0. The lowest BCUT2D eigenvalue weighted by Gasteiger charge is -2.14. The van der Waals surface area contributed by atoms with Gasteiger partial charge in [-0.25, -0.2) is 0 Å². The van der Waals surface area contributed by atoms with Crippen LogP contribution < -0.4 is 5.32 Å². The van der Waals surface area contributed by atoms with Crippen LogP contribution in [-0.4, -0.2) is 19.8 Å². The van der Waals surface area contributed by atoms with Crippen molar-refractivity contribution < 1.29 is 9.15 Å². The Labute approximate surface area is 104 Å². The second-order valence-corrected chi connectivity index (χ2v) is 5.06. The number of nitrogens with one attached hydrogen (secondary N) is 1. The molecule has 0 aliphatic carbocycles. The molecule has 3 heteroatoms. The normalized spacial score (nSPS) is 21.9. The van der Waals surface area contributed by atoms with Crippen LogP contribution >= 0.6 is 0 Å². The lowest BCUT2D eigenvalue weighted by molar-refractivity contribution is 0.184. The van der Waals surface area contributed by atoms with Gasteiger partial charge in [-0.3, -0.25) is 0 Å². The van der Waals surface area contributed by atoms with E-state index in [4.69, 9.17) is 9.15 Å². The molecular weight excluding hydrogens is 214 g/mol. The number of aryl methyl sites for hydroxylation is 2. The molecule has 1 aliphatic heterocycles. The van der Waals surface area contributed by atoms with Crippen LogP contribution in [0.2, 0.25) is 0 Å². The van der Waals surface area contributed by atoms with Gasteiger partial charge < -0.3 is 14.5 Å². The zero-order valence-corrected chi connectivity index (χ0v) is 11.1. The van der Waals surface area contributed by atoms with Gasteiger partial charge in [0.2, 0.25) is 0 Å². The Hall–Kier alpha value is -0.800. The average Bonchev–Trinajstić information content (AvgIpc) is 2.88. The van der Waals surface area contributed by atoms with Gasteiger partial charge in [0.15, 0.2) is 0 Å². The Balaban J connectivity index is 1.76. The predicted octanol–water partition coefficient (Wildman–Crippen LogP) is 2.97. The quantitative estimate of drug-likeness (QED) is 0.855. The number of ether oxygens (including phenoxy) is 1. The molecule has 3 nitrogen and oxygen atoms in total. The Bertz CT molecular complexity index is 353. The van der Waals surface area contributed by atoms with Crippen molar-refractivity contribution in [2.45, 2.75) is 39.7 Å². The summed E-state index contributed by atoms with van der Waals surface area (Å²) in [5.41, 5.74) is 1.28. The second kappa shape index (κ2) is 5.69. The predicted molar refractivity (Wildman–Crippen MR) is 68.1 cm³/mol. The Morgan fingerprint density at radius 1 is 1.47 bits per heavy atom. The SMILES string of the molecule is Cc1cc(C(C)NCCC2CCOC2)c(C)o1. The molecule has 2 heterocycles. The minimum Gasteiger partial charge on any atom is -0.466 e. The topological polar surface area (TPSA) is 34.4 Å². The lowest BCUT2D eigenvalue weighted by atomic mass is 10.0. The smallest absolute Gasteiger partial charge is 0.105 e. The molecule has 17 heavy (non-hydrogen) atoms. The standard InChI is InChI=1S/C14H23NO2/c1-10-8-14(12(3)17-10)11(2)15-6-4-13-5-7-16-9-13/h8,11,13,15H,4-7,9H2,1-3H3. The maximum Gasteiger partial charge on any atom is 0.105 e. The summed E-state index contributed by atoms with van der Waals surface area (Å²) in [6, 6.07) is 2.50. The van der Waals surface area contributed by atoms with Crippen molar-refractivity contribution in [2.75, 3.05) is 19.8 Å². The fourth-order valence-corrected chi connectivity index (χ4v) is 2.51. The van der Waals surface area contributed by atoms with Crippen LogP contribution in [0.1, 0.15) is 42.9 Å². The van der Waals surface area contributed by atoms with Crippen LogP contribution in [0.25, 0.3) is 0 Å². The first-order chi connectivity index (χ1) is 8.16. The lowest BCUT2D eigenvalue weighted by Crippen LogP contribution is -2.22. The first kappa shape index (κ1) is 12.7. The molecule has 1 aromatic rings. The van der Waals surface area contributed by atoms with Crippen molar-refractivity contribution >= 4 is 0 Å². The molecule has 1 saturated heterocycles. The summed E-state index contributed by atoms with van der Waals surface area (Å²) in [5.74, 6) is 2.78. The van der Waals surface area contributed by atoms with Crippen LogP contribution in [0.15, 0.2) is 10.5 Å². The summed E-state index contributed by atoms with van der Waals surface area (Å²) in [5, 5.41) is 3.56. The van der Waals surface area contributed by atoms with Crippen LogP contribution in [0.5, 0.6) is 0 Å². The van der Waals surface area contributed by atoms with Gasteiger partial charge in [0, 0.05) is 24.8 Å². The molecule has 0 aromatic carbocycles. The van der Waals surface area contributed by atoms with Gasteiger partial charge in [0.25, 0.3) is 0 Å². The molecule has 2 rings (SSSR count). The third-order valence-corrected chi connectivity index (χ3v) is 3.57. The average molecular weight is 237 g/mol. The highest BCUT2D eigenvalue weighted by atomic mass is 16.5. The van der Waals surface area contributed by atoms with Gasteiger partial charge >= 0.3 is 0 Å². The zero-order chi connectivity index (χ0) is 12.3. The monoisotopic (exact) mass is 237 g/mol. The third-order valence-electron chi connectivity index (χ3n) is 3.57. The van der Waals surface area contributed by atoms with E-state index in [2.05, 4.69) is 18.3 Å². The van der Waals surface area contributed by atoms with Crippen LogP contribution in [0.4, 0.5) is 0 Å². The van der Waals surface area contributed by atoms with Gasteiger partial charge in [-0.15, -0.1) is 0 Å². The molecule has 1 fully saturated rings. The molecule has 2 atom stereocenters. The minimum atomic E-state index is 0.370. The van der Waals surface area contributed by atoms with Crippen LogP contribution in [0.3, 0.4) is 0 Å². The van der Waals surface area contributed by atoms with E-state index in [1.807, 2.05) is 13.8 Å². The van der Waals surface area contributed by atoms with E-state index < -0.39 is 0 Å². The number of hydrogen-bond donors (Lipinski definition) is 1. The molecule has 1 aliphatic rings. The van der Waals surface area contributed by atoms with Gasteiger partial charge in [0.05, 0.1) is 0 Å². The maximum atomic E-state index is 5.56. The number of rotatable bonds is 5. The van der Waals surface area contributed by atoms with Crippen molar-refractivity contribution in [2.24, 2.45) is 5.92 Å². The van der Waals surface area contributed by atoms with Crippen molar-refractivity contribution in [3.63, 3.8) is 0 Å². The Morgan fingerprint density at radius 2 is 2.29 bits per heavy atom. The molecule has 0 spiro atoms. The highest BCUT2D eigenvalue weighted by Crippen LogP contribution is 2.21. The summed E-state index contributed by atoms with van der Waals surface area (Å²) in [7, 11) is 0. The summed E-state index contributed by atoms with van der Waals surface area (Å²) in [6.45, 7) is 9.17. The van der Waals surface area contributed by atoms with Crippen molar-refractivity contribution in [3.8, 4) is 0 Å². The molecule has 1 aromatic heterocycles. The molecule has 0 amide bonds. The van der Waals surface area contributed by atoms with Crippen molar-refractivity contribution in [1.82, 2.24) is 5.32 Å². The highest BCUT2D eigenvalue weighted by Gasteiger charge is 2.16. The third kappa shape index (κ3) is 3.33. The van der Waals surface area contributed by atoms with Crippen LogP contribution in [-0.2, 0) is 4.74 Å². The van der Waals surface area contributed by atoms with Gasteiger partial charge in [-0.2, -0.15) is 0 Å². The van der Waals surface area contributed by atoms with E-state index in [-0.39, 0.29) is 0 Å². The zero-order valence-electron chi connectivity index (χ0n) is 11.1. The first-order valence-corrected chi connectivity index (χ1v) is 6.55. The van der Waals surface area contributed by atoms with Gasteiger partial charge in [0.1, 0.15) is 11.5 Å². The van der Waals surface area contributed by atoms with E-state index in [1.165, 1.54) is 18.4 Å². The van der Waals surface area contributed by atoms with Crippen molar-refractivity contribution in [3.05, 3.63) is 23.2 Å². The van der Waals surface area contributed by atoms with E-state index in [0.717, 1.165) is 37.2 Å². The Morgan fingerprint density at radius 3 is 2.88 bits per heavy atom. The van der Waals surface area contributed by atoms with E-state index in [0.29, 0.717) is 6.04 Å². The molecule has 96 valence electrons. The maximum absolute atomic E-state index is 5.56. The van der Waals surface area contributed by atoms with E-state index in [1.54, 1.807) is 0 Å². The largest absolute Gasteiger partial charge is 0.466 e. The van der Waals surface area contributed by atoms with Crippen LogP contribution in [0, 0.1) is 19.8 Å². The Kier molecular flexibility index (Phi) is 4.24. The molecule has 0 saturated carbocycles. The summed E-state index contributed by atoms with van der Waals surface area (Å²) < 4.78 is 10.9. The van der Waals surface area contributed by atoms with Gasteiger partial charge in [-0.05, 0) is 52.1 Å². The first-order valence-electron chi connectivity index (χ1n) is 6.55. The molecule has 0 bridgehead atoms. The fourth-order valence-electron chi connectivity index (χ4n) is 2.51. The molecule has 2 unspecified atom stereocenters. The fraction of sp³-hybridized carbons (Fsp3) is 0.714. The summed E-state index contributed by atoms with van der Waals surface area (Å²) in [4.78, 5) is 0. The van der Waals surface area contributed by atoms with Crippen molar-refractivity contribution in [1.29, 1.82) is 0 Å². The van der Waals surface area contributed by atoms with Gasteiger partial charge in [-0.1, -0.05) is 0 Å². The number of hydrogen-bond acceptors (Lipinski definition) is 3. The summed E-state index contributed by atoms with van der Waals surface area (Å²) in [6.07, 6.45) is 2.43. The highest BCUT2D eigenvalue weighted by molar-refractivity contribution is 5.23. The minimum absolute atomic E-state index is 0.370. The molecular formula is C14H23NO2. The second-order valence-electron chi connectivity index (χ2n) is 5.06.